The molecule has 6 heteroatoms. The Bertz CT molecular complexity index is 967. The maximum absolute atomic E-state index is 13.6. The first-order valence-corrected chi connectivity index (χ1v) is 9.60. The van der Waals surface area contributed by atoms with E-state index in [1.165, 1.54) is 0 Å². The van der Waals surface area contributed by atoms with Crippen molar-refractivity contribution in [2.24, 2.45) is 7.05 Å². The Morgan fingerprint density at radius 2 is 1.86 bits per heavy atom. The third kappa shape index (κ3) is 3.41. The van der Waals surface area contributed by atoms with E-state index in [1.54, 1.807) is 4.68 Å². The summed E-state index contributed by atoms with van der Waals surface area (Å²) in [4.78, 5) is 17.7. The Balaban J connectivity index is 1.75. The molecule has 2 atom stereocenters. The molecule has 0 unspecified atom stereocenters. The molecule has 1 saturated heterocycles. The normalized spacial score (nSPS) is 20.1. The number of hydrogen-bond donors (Lipinski definition) is 0. The lowest BCUT2D eigenvalue weighted by molar-refractivity contribution is -0.0685. The van der Waals surface area contributed by atoms with Crippen LogP contribution in [-0.2, 0) is 11.8 Å². The second-order valence-corrected chi connectivity index (χ2v) is 7.51. The first-order chi connectivity index (χ1) is 13.6. The number of aryl methyl sites for hydroxylation is 1. The van der Waals surface area contributed by atoms with Crippen molar-refractivity contribution in [2.45, 2.75) is 12.1 Å². The van der Waals surface area contributed by atoms with Crippen LogP contribution in [0.1, 0.15) is 22.1 Å². The van der Waals surface area contributed by atoms with Gasteiger partial charge in [-0.15, -0.1) is 0 Å². The summed E-state index contributed by atoms with van der Waals surface area (Å²) in [5, 5.41) is 5.44. The minimum Gasteiger partial charge on any atom is -0.373 e. The van der Waals surface area contributed by atoms with Crippen LogP contribution in [0.25, 0.3) is 10.9 Å². The number of hydrogen-bond acceptors (Lipinski definition) is 4. The first-order valence-electron chi connectivity index (χ1n) is 9.60. The lowest BCUT2D eigenvalue weighted by Crippen LogP contribution is -2.51. The number of carbonyl (C=O) groups excluding carboxylic acids is 1. The van der Waals surface area contributed by atoms with Crippen LogP contribution >= 0.6 is 0 Å². The Morgan fingerprint density at radius 1 is 1.14 bits per heavy atom. The molecule has 1 fully saturated rings. The molecular formula is C22H26N4O2. The molecule has 0 spiro atoms. The van der Waals surface area contributed by atoms with Gasteiger partial charge in [0.1, 0.15) is 0 Å². The number of para-hydroxylation sites is 1. The summed E-state index contributed by atoms with van der Waals surface area (Å²) in [6, 6.07) is 17.9. The number of rotatable bonds is 4. The number of likely N-dealkylation sites (N-methyl/N-ethyl adjacent to an activating group) is 1. The van der Waals surface area contributed by atoms with Crippen molar-refractivity contribution in [1.29, 1.82) is 0 Å². The van der Waals surface area contributed by atoms with Gasteiger partial charge in [-0.25, -0.2) is 0 Å². The van der Waals surface area contributed by atoms with Gasteiger partial charge in [0.05, 0.1) is 24.3 Å². The van der Waals surface area contributed by atoms with Gasteiger partial charge in [0.2, 0.25) is 0 Å². The zero-order valence-electron chi connectivity index (χ0n) is 16.6. The van der Waals surface area contributed by atoms with E-state index in [2.05, 4.69) is 22.1 Å². The van der Waals surface area contributed by atoms with Gasteiger partial charge in [-0.1, -0.05) is 48.5 Å². The van der Waals surface area contributed by atoms with Crippen LogP contribution in [0.2, 0.25) is 0 Å². The van der Waals surface area contributed by atoms with E-state index in [9.17, 15) is 4.79 Å². The Morgan fingerprint density at radius 3 is 2.61 bits per heavy atom. The van der Waals surface area contributed by atoms with Crippen LogP contribution in [-0.4, -0.2) is 65.4 Å². The van der Waals surface area contributed by atoms with Gasteiger partial charge in [-0.05, 0) is 25.7 Å². The van der Waals surface area contributed by atoms with Crippen molar-refractivity contribution >= 4 is 16.8 Å². The van der Waals surface area contributed by atoms with Crippen molar-refractivity contribution in [2.75, 3.05) is 33.8 Å². The van der Waals surface area contributed by atoms with Crippen LogP contribution in [0, 0.1) is 0 Å². The summed E-state index contributed by atoms with van der Waals surface area (Å²) in [6.07, 6.45) is -0.0925. The smallest absolute Gasteiger partial charge is 0.275 e. The number of ether oxygens (including phenoxy) is 1. The van der Waals surface area contributed by atoms with Gasteiger partial charge in [-0.3, -0.25) is 9.48 Å². The third-order valence-electron chi connectivity index (χ3n) is 5.26. The van der Waals surface area contributed by atoms with Crippen LogP contribution < -0.4 is 0 Å². The van der Waals surface area contributed by atoms with Crippen LogP contribution in [0.5, 0.6) is 0 Å². The lowest BCUT2D eigenvalue weighted by atomic mass is 9.97. The predicted molar refractivity (Wildman–Crippen MR) is 109 cm³/mol. The number of nitrogens with zero attached hydrogens (tertiary/aromatic N) is 4. The zero-order chi connectivity index (χ0) is 19.7. The van der Waals surface area contributed by atoms with Crippen molar-refractivity contribution in [3.8, 4) is 0 Å². The Labute approximate surface area is 165 Å². The average molecular weight is 378 g/mol. The highest BCUT2D eigenvalue weighted by atomic mass is 16.5. The van der Waals surface area contributed by atoms with E-state index in [0.717, 1.165) is 23.0 Å². The van der Waals surface area contributed by atoms with Crippen LogP contribution in [0.3, 0.4) is 0 Å². The summed E-state index contributed by atoms with van der Waals surface area (Å²) < 4.78 is 7.88. The van der Waals surface area contributed by atoms with Crippen molar-refractivity contribution in [3.05, 3.63) is 65.9 Å². The molecule has 0 radical (unpaired) electrons. The monoisotopic (exact) mass is 378 g/mol. The van der Waals surface area contributed by atoms with Crippen LogP contribution in [0.4, 0.5) is 0 Å². The largest absolute Gasteiger partial charge is 0.373 e. The maximum atomic E-state index is 13.6. The lowest BCUT2D eigenvalue weighted by Gasteiger charge is -2.42. The van der Waals surface area contributed by atoms with Crippen molar-refractivity contribution < 1.29 is 9.53 Å². The summed E-state index contributed by atoms with van der Waals surface area (Å²) in [7, 11) is 5.93. The summed E-state index contributed by atoms with van der Waals surface area (Å²) in [5.74, 6) is -0.0438. The molecule has 4 rings (SSSR count). The van der Waals surface area contributed by atoms with Gasteiger partial charge in [0.15, 0.2) is 5.69 Å². The number of benzene rings is 2. The number of fused-ring (bicyclic) bond motifs is 1. The van der Waals surface area contributed by atoms with Gasteiger partial charge >= 0.3 is 0 Å². The molecule has 0 saturated carbocycles. The third-order valence-corrected chi connectivity index (χ3v) is 5.26. The zero-order valence-corrected chi connectivity index (χ0v) is 16.6. The van der Waals surface area contributed by atoms with Crippen LogP contribution in [0.15, 0.2) is 54.6 Å². The molecule has 0 N–H and O–H groups in total. The standard InChI is InChI=1S/C22H26N4O2/c1-24(2)15-19-21(16-9-5-4-6-10-16)26(13-14-28-19)22(27)20-17-11-7-8-12-18(17)25(3)23-20/h4-12,19,21H,13-15H2,1-3H3/t19-,21-/m0/s1. The van der Waals surface area contributed by atoms with Gasteiger partial charge < -0.3 is 14.5 Å². The highest BCUT2D eigenvalue weighted by molar-refractivity contribution is 6.05. The molecule has 146 valence electrons. The Hall–Kier alpha value is -2.70. The molecule has 2 heterocycles. The number of amides is 1. The summed E-state index contributed by atoms with van der Waals surface area (Å²) in [5.41, 5.74) is 2.55. The molecule has 1 amide bonds. The summed E-state index contributed by atoms with van der Waals surface area (Å²) >= 11 is 0. The molecule has 28 heavy (non-hydrogen) atoms. The second kappa shape index (κ2) is 7.73. The minimum absolute atomic E-state index is 0.0438. The molecule has 0 bridgehead atoms. The molecule has 6 nitrogen and oxygen atoms in total. The minimum atomic E-state index is -0.148. The first kappa shape index (κ1) is 18.7. The highest BCUT2D eigenvalue weighted by Gasteiger charge is 2.38. The fourth-order valence-corrected chi connectivity index (χ4v) is 4.03. The molecule has 2 aromatic carbocycles. The maximum Gasteiger partial charge on any atom is 0.275 e. The van der Waals surface area contributed by atoms with E-state index in [4.69, 9.17) is 4.74 Å². The molecular weight excluding hydrogens is 352 g/mol. The van der Waals surface area contributed by atoms with E-state index in [0.29, 0.717) is 18.8 Å². The van der Waals surface area contributed by atoms with Gasteiger partial charge in [-0.2, -0.15) is 5.10 Å². The average Bonchev–Trinajstić information content (AvgIpc) is 3.04. The predicted octanol–water partition coefficient (Wildman–Crippen LogP) is 2.72. The molecule has 3 aromatic rings. The van der Waals surface area contributed by atoms with E-state index < -0.39 is 0 Å². The number of morpholine rings is 1. The summed E-state index contributed by atoms with van der Waals surface area (Å²) in [6.45, 7) is 1.82. The van der Waals surface area contributed by atoms with Crippen molar-refractivity contribution in [1.82, 2.24) is 19.6 Å². The molecule has 1 aromatic heterocycles. The highest BCUT2D eigenvalue weighted by Crippen LogP contribution is 2.32. The topological polar surface area (TPSA) is 50.6 Å². The van der Waals surface area contributed by atoms with Gasteiger partial charge in [0, 0.05) is 25.5 Å². The fourth-order valence-electron chi connectivity index (χ4n) is 4.03. The quantitative estimate of drug-likeness (QED) is 0.701. The van der Waals surface area contributed by atoms with E-state index >= 15 is 0 Å². The van der Waals surface area contributed by atoms with E-state index in [-0.39, 0.29) is 18.1 Å². The SMILES string of the molecule is CN(C)C[C@@H]1OCCN(C(=O)c2nn(C)c3ccccc23)[C@H]1c1ccccc1. The van der Waals surface area contributed by atoms with Crippen molar-refractivity contribution in [3.63, 3.8) is 0 Å². The molecule has 0 aliphatic carbocycles. The molecule has 1 aliphatic rings. The Kier molecular flexibility index (Phi) is 5.15. The van der Waals surface area contributed by atoms with Gasteiger partial charge in [0.25, 0.3) is 5.91 Å². The number of carbonyl (C=O) groups is 1. The second-order valence-electron chi connectivity index (χ2n) is 7.51. The van der Waals surface area contributed by atoms with E-state index in [1.807, 2.05) is 68.5 Å². The molecule has 1 aliphatic heterocycles. The number of aromatic nitrogens is 2. The fraction of sp³-hybridized carbons (Fsp3) is 0.364.